The molecule has 110 valence electrons. The third kappa shape index (κ3) is 4.81. The lowest BCUT2D eigenvalue weighted by atomic mass is 10.1. The first kappa shape index (κ1) is 16.4. The van der Waals surface area contributed by atoms with Crippen LogP contribution in [0.25, 0.3) is 0 Å². The van der Waals surface area contributed by atoms with Crippen molar-refractivity contribution in [2.45, 2.75) is 32.6 Å². The first-order valence-corrected chi connectivity index (χ1v) is 6.92. The molecule has 1 atom stereocenters. The van der Waals surface area contributed by atoms with Gasteiger partial charge in [-0.1, -0.05) is 13.8 Å². The Bertz CT molecular complexity index is 503. The maximum atomic E-state index is 11.9. The number of carbonyl (C=O) groups excluding carboxylic acids is 1. The Hall–Kier alpha value is -1.62. The van der Waals surface area contributed by atoms with Gasteiger partial charge in [-0.15, -0.1) is 11.6 Å². The van der Waals surface area contributed by atoms with Crippen LogP contribution in [0.15, 0.2) is 18.2 Å². The van der Waals surface area contributed by atoms with Gasteiger partial charge in [0.2, 0.25) is 0 Å². The molecule has 20 heavy (non-hydrogen) atoms. The summed E-state index contributed by atoms with van der Waals surface area (Å²) >= 11 is 6.10. The van der Waals surface area contributed by atoms with E-state index in [1.165, 1.54) is 18.2 Å². The molecule has 0 aliphatic heterocycles. The van der Waals surface area contributed by atoms with Gasteiger partial charge in [0.15, 0.2) is 0 Å². The Morgan fingerprint density at radius 3 is 2.60 bits per heavy atom. The van der Waals surface area contributed by atoms with E-state index in [2.05, 4.69) is 19.2 Å². The Kier molecular flexibility index (Phi) is 5.95. The number of nitrogens with one attached hydrogen (secondary N) is 1. The second-order valence-electron chi connectivity index (χ2n) is 5.20. The van der Waals surface area contributed by atoms with Crippen molar-refractivity contribution in [3.8, 4) is 0 Å². The molecule has 0 bridgehead atoms. The van der Waals surface area contributed by atoms with E-state index in [1.807, 2.05) is 0 Å². The van der Waals surface area contributed by atoms with E-state index in [1.54, 1.807) is 6.92 Å². The van der Waals surface area contributed by atoms with Crippen molar-refractivity contribution in [3.63, 3.8) is 0 Å². The minimum Gasteiger partial charge on any atom is -0.351 e. The summed E-state index contributed by atoms with van der Waals surface area (Å²) in [5.41, 5.74) is 0.880. The molecule has 1 rings (SSSR count). The normalized spacial score (nSPS) is 12.2. The molecule has 0 saturated carbocycles. The van der Waals surface area contributed by atoms with Gasteiger partial charge >= 0.3 is 0 Å². The number of nitro groups is 1. The third-order valence-electron chi connectivity index (χ3n) is 2.87. The van der Waals surface area contributed by atoms with Gasteiger partial charge in [-0.05, 0) is 31.4 Å². The maximum Gasteiger partial charge on any atom is 0.272 e. The summed E-state index contributed by atoms with van der Waals surface area (Å²) in [5.74, 6) is 0.202. The summed E-state index contributed by atoms with van der Waals surface area (Å²) in [4.78, 5) is 22.2. The minimum absolute atomic E-state index is 0.0107. The second kappa shape index (κ2) is 7.24. The molecule has 1 amide bonds. The topological polar surface area (TPSA) is 72.2 Å². The van der Waals surface area contributed by atoms with Crippen LogP contribution in [0.5, 0.6) is 0 Å². The van der Waals surface area contributed by atoms with Crippen LogP contribution >= 0.6 is 11.6 Å². The number of carbonyl (C=O) groups is 1. The molecule has 0 aromatic heterocycles. The van der Waals surface area contributed by atoms with Crippen molar-refractivity contribution in [1.82, 2.24) is 5.32 Å². The van der Waals surface area contributed by atoms with Crippen LogP contribution in [-0.2, 0) is 0 Å². The zero-order chi connectivity index (χ0) is 15.3. The van der Waals surface area contributed by atoms with Crippen LogP contribution in [0.2, 0.25) is 0 Å². The minimum atomic E-state index is -0.464. The average molecular weight is 299 g/mol. The van der Waals surface area contributed by atoms with Crippen molar-refractivity contribution in [2.24, 2.45) is 5.92 Å². The van der Waals surface area contributed by atoms with Gasteiger partial charge in [0.05, 0.1) is 10.3 Å². The molecule has 5 nitrogen and oxygen atoms in total. The highest BCUT2D eigenvalue weighted by Crippen LogP contribution is 2.18. The molecule has 0 radical (unpaired) electrons. The first-order valence-electron chi connectivity index (χ1n) is 6.48. The highest BCUT2D eigenvalue weighted by Gasteiger charge is 2.15. The Labute approximate surface area is 123 Å². The SMILES string of the molecule is Cc1cc(C(=O)NCC(Cl)CC(C)C)ccc1[N+](=O)[O-]. The van der Waals surface area contributed by atoms with Crippen LogP contribution < -0.4 is 5.32 Å². The fourth-order valence-electron chi connectivity index (χ4n) is 1.90. The Morgan fingerprint density at radius 1 is 1.45 bits per heavy atom. The molecule has 1 aromatic rings. The van der Waals surface area contributed by atoms with E-state index in [0.717, 1.165) is 6.42 Å². The highest BCUT2D eigenvalue weighted by atomic mass is 35.5. The quantitative estimate of drug-likeness (QED) is 0.497. The van der Waals surface area contributed by atoms with E-state index < -0.39 is 4.92 Å². The van der Waals surface area contributed by atoms with Gasteiger partial charge in [-0.25, -0.2) is 0 Å². The van der Waals surface area contributed by atoms with Crippen molar-refractivity contribution in [2.75, 3.05) is 6.54 Å². The summed E-state index contributed by atoms with van der Waals surface area (Å²) in [6.07, 6.45) is 0.821. The summed E-state index contributed by atoms with van der Waals surface area (Å²) in [5, 5.41) is 13.3. The van der Waals surface area contributed by atoms with E-state index in [4.69, 9.17) is 11.6 Å². The number of hydrogen-bond acceptors (Lipinski definition) is 3. The van der Waals surface area contributed by atoms with Gasteiger partial charge in [-0.3, -0.25) is 14.9 Å². The van der Waals surface area contributed by atoms with Crippen molar-refractivity contribution >= 4 is 23.2 Å². The van der Waals surface area contributed by atoms with Crippen LogP contribution in [-0.4, -0.2) is 22.8 Å². The molecule has 0 fully saturated rings. The Morgan fingerprint density at radius 2 is 2.10 bits per heavy atom. The molecule has 1 unspecified atom stereocenters. The van der Waals surface area contributed by atoms with Crippen LogP contribution in [0.1, 0.15) is 36.2 Å². The number of nitrogens with zero attached hydrogens (tertiary/aromatic N) is 1. The summed E-state index contributed by atoms with van der Waals surface area (Å²) in [7, 11) is 0. The van der Waals surface area contributed by atoms with E-state index in [0.29, 0.717) is 23.6 Å². The number of nitro benzene ring substituents is 1. The summed E-state index contributed by atoms with van der Waals surface area (Å²) in [6.45, 7) is 6.13. The van der Waals surface area contributed by atoms with Crippen LogP contribution in [0, 0.1) is 23.0 Å². The van der Waals surface area contributed by atoms with Gasteiger partial charge in [0.25, 0.3) is 11.6 Å². The predicted octanol–water partition coefficient (Wildman–Crippen LogP) is 3.29. The van der Waals surface area contributed by atoms with Gasteiger partial charge in [0.1, 0.15) is 0 Å². The molecule has 0 saturated heterocycles. The predicted molar refractivity (Wildman–Crippen MR) is 79.3 cm³/mol. The fraction of sp³-hybridized carbons (Fsp3) is 0.500. The van der Waals surface area contributed by atoms with E-state index in [-0.39, 0.29) is 17.0 Å². The molecule has 1 aromatic carbocycles. The smallest absolute Gasteiger partial charge is 0.272 e. The van der Waals surface area contributed by atoms with Crippen molar-refractivity contribution in [1.29, 1.82) is 0 Å². The molecule has 0 heterocycles. The molecule has 0 aliphatic rings. The molecular formula is C14H19ClN2O3. The second-order valence-corrected chi connectivity index (χ2v) is 5.81. The van der Waals surface area contributed by atoms with Crippen LogP contribution in [0.4, 0.5) is 5.69 Å². The lowest BCUT2D eigenvalue weighted by molar-refractivity contribution is -0.385. The first-order chi connectivity index (χ1) is 9.31. The highest BCUT2D eigenvalue weighted by molar-refractivity contribution is 6.21. The van der Waals surface area contributed by atoms with Gasteiger partial charge in [0, 0.05) is 23.7 Å². The number of rotatable bonds is 6. The fourth-order valence-corrected chi connectivity index (χ4v) is 2.34. The van der Waals surface area contributed by atoms with Gasteiger partial charge < -0.3 is 5.32 Å². The molecular weight excluding hydrogens is 280 g/mol. The molecule has 0 spiro atoms. The summed E-state index contributed by atoms with van der Waals surface area (Å²) in [6, 6.07) is 4.31. The zero-order valence-corrected chi connectivity index (χ0v) is 12.6. The lowest BCUT2D eigenvalue weighted by Gasteiger charge is -2.13. The average Bonchev–Trinajstić information content (AvgIpc) is 2.34. The van der Waals surface area contributed by atoms with E-state index in [9.17, 15) is 14.9 Å². The monoisotopic (exact) mass is 298 g/mol. The number of amides is 1. The largest absolute Gasteiger partial charge is 0.351 e. The van der Waals surface area contributed by atoms with Crippen molar-refractivity contribution < 1.29 is 9.72 Å². The maximum absolute atomic E-state index is 11.9. The zero-order valence-electron chi connectivity index (χ0n) is 11.9. The number of aryl methyl sites for hydroxylation is 1. The molecule has 0 aliphatic carbocycles. The third-order valence-corrected chi connectivity index (χ3v) is 3.20. The number of alkyl halides is 1. The summed E-state index contributed by atoms with van der Waals surface area (Å²) < 4.78 is 0. The molecule has 1 N–H and O–H groups in total. The van der Waals surface area contributed by atoms with Crippen LogP contribution in [0.3, 0.4) is 0 Å². The standard InChI is InChI=1S/C14H19ClN2O3/c1-9(2)6-12(15)8-16-14(18)11-4-5-13(17(19)20)10(3)7-11/h4-5,7,9,12H,6,8H2,1-3H3,(H,16,18). The molecule has 6 heteroatoms. The lowest BCUT2D eigenvalue weighted by Crippen LogP contribution is -2.30. The van der Waals surface area contributed by atoms with Crippen molar-refractivity contribution in [3.05, 3.63) is 39.4 Å². The number of hydrogen-bond donors (Lipinski definition) is 1. The number of benzene rings is 1. The van der Waals surface area contributed by atoms with E-state index >= 15 is 0 Å². The number of halogens is 1. The Balaban J connectivity index is 2.64. The van der Waals surface area contributed by atoms with Gasteiger partial charge in [-0.2, -0.15) is 0 Å².